The fourth-order valence-electron chi connectivity index (χ4n) is 4.70. The molecule has 164 valence electrons. The van der Waals surface area contributed by atoms with Crippen LogP contribution in [0.15, 0.2) is 22.7 Å². The molecular formula is C23H36N6O. The Morgan fingerprint density at radius 3 is 2.63 bits per heavy atom. The molecule has 0 bridgehead atoms. The molecule has 0 spiro atoms. The first-order chi connectivity index (χ1) is 14.6. The Balaban J connectivity index is 1.37. The summed E-state index contributed by atoms with van der Waals surface area (Å²) in [6.07, 6.45) is 5.58. The second kappa shape index (κ2) is 9.88. The number of pyridine rings is 1. The van der Waals surface area contributed by atoms with Crippen LogP contribution in [0.3, 0.4) is 0 Å². The van der Waals surface area contributed by atoms with E-state index in [-0.39, 0.29) is 0 Å². The van der Waals surface area contributed by atoms with Gasteiger partial charge in [0.25, 0.3) is 0 Å². The van der Waals surface area contributed by atoms with Gasteiger partial charge in [0.2, 0.25) is 11.7 Å². The number of piperidine rings is 1. The van der Waals surface area contributed by atoms with Gasteiger partial charge in [-0.3, -0.25) is 4.90 Å². The molecule has 7 nitrogen and oxygen atoms in total. The molecule has 30 heavy (non-hydrogen) atoms. The first-order valence-corrected chi connectivity index (χ1v) is 11.7. The third-order valence-corrected chi connectivity index (χ3v) is 6.50. The molecule has 4 rings (SSSR count). The summed E-state index contributed by atoms with van der Waals surface area (Å²) in [5.74, 6) is 2.30. The van der Waals surface area contributed by atoms with Crippen molar-refractivity contribution in [2.75, 3.05) is 44.2 Å². The Labute approximate surface area is 180 Å². The minimum absolute atomic E-state index is 0.591. The molecule has 2 aromatic rings. The fraction of sp³-hybridized carbons (Fsp3) is 0.696. The average molecular weight is 413 g/mol. The monoisotopic (exact) mass is 412 g/mol. The van der Waals surface area contributed by atoms with Crippen LogP contribution in [0.5, 0.6) is 0 Å². The summed E-state index contributed by atoms with van der Waals surface area (Å²) < 4.78 is 5.34. The van der Waals surface area contributed by atoms with E-state index in [1.165, 1.54) is 38.9 Å². The number of hydrogen-bond acceptors (Lipinski definition) is 7. The lowest BCUT2D eigenvalue weighted by atomic mass is 10.0. The maximum Gasteiger partial charge on any atom is 0.226 e. The van der Waals surface area contributed by atoms with Crippen molar-refractivity contribution in [3.05, 3.63) is 24.1 Å². The second-order valence-corrected chi connectivity index (χ2v) is 8.88. The third kappa shape index (κ3) is 5.01. The smallest absolute Gasteiger partial charge is 0.226 e. The van der Waals surface area contributed by atoms with E-state index in [1.54, 1.807) is 0 Å². The molecule has 2 aliphatic heterocycles. The van der Waals surface area contributed by atoms with Crippen LogP contribution in [0.4, 0.5) is 5.82 Å². The minimum atomic E-state index is 0.591. The molecule has 0 amide bonds. The lowest BCUT2D eigenvalue weighted by Crippen LogP contribution is -2.47. The molecule has 2 fully saturated rings. The highest BCUT2D eigenvalue weighted by Gasteiger charge is 2.27. The first-order valence-electron chi connectivity index (χ1n) is 11.7. The molecular weight excluding hydrogens is 376 g/mol. The molecule has 0 aliphatic carbocycles. The lowest BCUT2D eigenvalue weighted by Gasteiger charge is -2.39. The van der Waals surface area contributed by atoms with E-state index >= 15 is 0 Å². The maximum atomic E-state index is 5.34. The van der Waals surface area contributed by atoms with Gasteiger partial charge in [-0.2, -0.15) is 4.98 Å². The topological polar surface area (TPSA) is 61.5 Å². The van der Waals surface area contributed by atoms with Gasteiger partial charge in [-0.05, 0) is 64.8 Å². The standard InChI is InChI=1S/C23H36N6O/c1-4-7-22-25-23(26-30-22)20-8-5-9-21(24-20)29-13-6-12-28(16-17-29)19-10-14-27(15-11-19)18(2)3/h5,8-9,18-19H,4,6-7,10-17H2,1-3H3. The molecule has 0 atom stereocenters. The molecule has 0 radical (unpaired) electrons. The predicted octanol–water partition coefficient (Wildman–Crippen LogP) is 3.47. The van der Waals surface area contributed by atoms with Crippen molar-refractivity contribution in [2.45, 2.75) is 65.0 Å². The van der Waals surface area contributed by atoms with E-state index in [0.29, 0.717) is 17.8 Å². The predicted molar refractivity (Wildman–Crippen MR) is 120 cm³/mol. The van der Waals surface area contributed by atoms with Gasteiger partial charge < -0.3 is 14.3 Å². The van der Waals surface area contributed by atoms with Gasteiger partial charge in [0.05, 0.1) is 0 Å². The molecule has 0 aromatic carbocycles. The number of likely N-dealkylation sites (tertiary alicyclic amines) is 1. The lowest BCUT2D eigenvalue weighted by molar-refractivity contribution is 0.0965. The Kier molecular flexibility index (Phi) is 7.00. The van der Waals surface area contributed by atoms with Crippen LogP contribution in [0.2, 0.25) is 0 Å². The Bertz CT molecular complexity index is 798. The maximum absolute atomic E-state index is 5.34. The van der Waals surface area contributed by atoms with Crippen LogP contribution in [0.1, 0.15) is 52.3 Å². The highest BCUT2D eigenvalue weighted by Crippen LogP contribution is 2.23. The van der Waals surface area contributed by atoms with Crippen LogP contribution in [0, 0.1) is 0 Å². The Morgan fingerprint density at radius 2 is 1.87 bits per heavy atom. The summed E-state index contributed by atoms with van der Waals surface area (Å²) in [6.45, 7) is 13.6. The van der Waals surface area contributed by atoms with Gasteiger partial charge in [0.15, 0.2) is 0 Å². The van der Waals surface area contributed by atoms with Gasteiger partial charge >= 0.3 is 0 Å². The van der Waals surface area contributed by atoms with E-state index in [0.717, 1.165) is 50.0 Å². The number of anilines is 1. The Morgan fingerprint density at radius 1 is 1.03 bits per heavy atom. The highest BCUT2D eigenvalue weighted by atomic mass is 16.5. The van der Waals surface area contributed by atoms with Crippen LogP contribution >= 0.6 is 0 Å². The van der Waals surface area contributed by atoms with E-state index in [9.17, 15) is 0 Å². The van der Waals surface area contributed by atoms with Gasteiger partial charge in [0, 0.05) is 44.7 Å². The van der Waals surface area contributed by atoms with Crippen LogP contribution in [-0.4, -0.2) is 76.3 Å². The summed E-state index contributed by atoms with van der Waals surface area (Å²) in [7, 11) is 0. The first kappa shape index (κ1) is 21.2. The fourth-order valence-corrected chi connectivity index (χ4v) is 4.70. The van der Waals surface area contributed by atoms with E-state index in [1.807, 2.05) is 6.07 Å². The third-order valence-electron chi connectivity index (χ3n) is 6.50. The SMILES string of the molecule is CCCc1nc(-c2cccc(N3CCCN(C4CCN(C(C)C)CC4)CC3)n2)no1. The molecule has 2 aliphatic rings. The summed E-state index contributed by atoms with van der Waals surface area (Å²) in [4.78, 5) is 17.1. The van der Waals surface area contributed by atoms with Crippen molar-refractivity contribution in [2.24, 2.45) is 0 Å². The van der Waals surface area contributed by atoms with Crippen molar-refractivity contribution in [3.8, 4) is 11.5 Å². The van der Waals surface area contributed by atoms with Crippen molar-refractivity contribution in [3.63, 3.8) is 0 Å². The van der Waals surface area contributed by atoms with Gasteiger partial charge in [0.1, 0.15) is 11.5 Å². The second-order valence-electron chi connectivity index (χ2n) is 8.88. The minimum Gasteiger partial charge on any atom is -0.355 e. The van der Waals surface area contributed by atoms with E-state index < -0.39 is 0 Å². The number of nitrogens with zero attached hydrogens (tertiary/aromatic N) is 6. The molecule has 7 heteroatoms. The molecule has 0 saturated carbocycles. The van der Waals surface area contributed by atoms with Crippen molar-refractivity contribution in [1.82, 2.24) is 24.9 Å². The largest absolute Gasteiger partial charge is 0.355 e. The quantitative estimate of drug-likeness (QED) is 0.720. The van der Waals surface area contributed by atoms with E-state index in [4.69, 9.17) is 9.51 Å². The highest BCUT2D eigenvalue weighted by molar-refractivity contribution is 5.53. The summed E-state index contributed by atoms with van der Waals surface area (Å²) in [5, 5.41) is 4.12. The summed E-state index contributed by atoms with van der Waals surface area (Å²) in [5.41, 5.74) is 0.792. The zero-order valence-electron chi connectivity index (χ0n) is 18.8. The summed E-state index contributed by atoms with van der Waals surface area (Å²) in [6, 6.07) is 7.53. The van der Waals surface area contributed by atoms with Crippen LogP contribution in [-0.2, 0) is 6.42 Å². The summed E-state index contributed by atoms with van der Waals surface area (Å²) >= 11 is 0. The van der Waals surface area contributed by atoms with Crippen molar-refractivity contribution in [1.29, 1.82) is 0 Å². The van der Waals surface area contributed by atoms with Gasteiger partial charge in [-0.1, -0.05) is 18.1 Å². The number of aryl methyl sites for hydroxylation is 1. The van der Waals surface area contributed by atoms with Crippen LogP contribution in [0.25, 0.3) is 11.5 Å². The number of aromatic nitrogens is 3. The zero-order chi connectivity index (χ0) is 20.9. The Hall–Kier alpha value is -1.99. The average Bonchev–Trinajstić information content (AvgIpc) is 3.09. The van der Waals surface area contributed by atoms with Crippen molar-refractivity contribution < 1.29 is 4.52 Å². The van der Waals surface area contributed by atoms with Gasteiger partial charge in [-0.15, -0.1) is 0 Å². The molecule has 4 heterocycles. The van der Waals surface area contributed by atoms with Crippen molar-refractivity contribution >= 4 is 5.82 Å². The normalized spacial score (nSPS) is 20.1. The van der Waals surface area contributed by atoms with E-state index in [2.05, 4.69) is 57.7 Å². The number of rotatable bonds is 6. The molecule has 2 aromatic heterocycles. The van der Waals surface area contributed by atoms with Crippen LogP contribution < -0.4 is 4.90 Å². The zero-order valence-corrected chi connectivity index (χ0v) is 18.8. The molecule has 0 unspecified atom stereocenters. The van der Waals surface area contributed by atoms with Gasteiger partial charge in [-0.25, -0.2) is 4.98 Å². The molecule has 2 saturated heterocycles. The number of hydrogen-bond donors (Lipinski definition) is 0. The molecule has 0 N–H and O–H groups in total.